The molecule has 3 rings (SSSR count). The molecule has 29 heavy (non-hydrogen) atoms. The number of carbonyl (C=O) groups excluding carboxylic acids is 1. The highest BCUT2D eigenvalue weighted by Gasteiger charge is 2.29. The number of anilines is 1. The van der Waals surface area contributed by atoms with Crippen LogP contribution in [-0.4, -0.2) is 47.4 Å². The van der Waals surface area contributed by atoms with Crippen molar-refractivity contribution in [2.24, 2.45) is 0 Å². The number of hydrogen-bond donors (Lipinski definition) is 2. The smallest absolute Gasteiger partial charge is 0.265 e. The Balaban J connectivity index is 1.79. The van der Waals surface area contributed by atoms with E-state index in [1.165, 1.54) is 31.4 Å². The second-order valence-corrected chi connectivity index (χ2v) is 10.8. The van der Waals surface area contributed by atoms with Crippen molar-refractivity contribution in [1.82, 2.24) is 5.32 Å². The first-order chi connectivity index (χ1) is 13.6. The van der Waals surface area contributed by atoms with Gasteiger partial charge in [0.1, 0.15) is 10.6 Å². The molecule has 1 heterocycles. The van der Waals surface area contributed by atoms with Crippen molar-refractivity contribution in [1.29, 1.82) is 0 Å². The van der Waals surface area contributed by atoms with Crippen LogP contribution in [0.1, 0.15) is 22.3 Å². The Bertz CT molecular complexity index is 1140. The highest BCUT2D eigenvalue weighted by atomic mass is 32.2. The summed E-state index contributed by atoms with van der Waals surface area (Å²) in [6, 6.07) is 10.4. The first kappa shape index (κ1) is 21.1. The van der Waals surface area contributed by atoms with Gasteiger partial charge in [0, 0.05) is 17.3 Å². The van der Waals surface area contributed by atoms with Crippen LogP contribution >= 0.6 is 0 Å². The van der Waals surface area contributed by atoms with Crippen molar-refractivity contribution in [3.05, 3.63) is 53.6 Å². The molecule has 0 spiro atoms. The van der Waals surface area contributed by atoms with Crippen LogP contribution < -0.4 is 14.8 Å². The zero-order valence-electron chi connectivity index (χ0n) is 16.0. The molecule has 156 valence electrons. The van der Waals surface area contributed by atoms with Gasteiger partial charge in [-0.3, -0.25) is 9.52 Å². The van der Waals surface area contributed by atoms with Crippen LogP contribution in [0.2, 0.25) is 0 Å². The van der Waals surface area contributed by atoms with Crippen LogP contribution in [0.15, 0.2) is 47.4 Å². The largest absolute Gasteiger partial charge is 0.495 e. The number of benzene rings is 2. The fourth-order valence-corrected chi connectivity index (χ4v) is 6.08. The van der Waals surface area contributed by atoms with E-state index in [1.54, 1.807) is 25.1 Å². The standard InChI is InChI=1S/C19H22N2O6S2/c1-13-6-7-17(27-2)18(10-13)29(25,26)21-15-5-3-4-14(11-15)19(22)20-16-8-9-28(23,24)12-16/h3-7,10-11,16,21H,8-9,12H2,1-2H3,(H,20,22)/t16-/m1/s1. The van der Waals surface area contributed by atoms with E-state index in [0.29, 0.717) is 6.42 Å². The SMILES string of the molecule is COc1ccc(C)cc1S(=O)(=O)Nc1cccc(C(=O)N[C@@H]2CCS(=O)(=O)C2)c1. The van der Waals surface area contributed by atoms with Gasteiger partial charge in [-0.1, -0.05) is 12.1 Å². The van der Waals surface area contributed by atoms with E-state index in [4.69, 9.17) is 4.74 Å². The second kappa shape index (κ2) is 8.03. The number of carbonyl (C=O) groups is 1. The Kier molecular flexibility index (Phi) is 5.85. The quantitative estimate of drug-likeness (QED) is 0.709. The molecule has 0 bridgehead atoms. The summed E-state index contributed by atoms with van der Waals surface area (Å²) in [4.78, 5) is 12.4. The van der Waals surface area contributed by atoms with Crippen LogP contribution in [0.5, 0.6) is 5.75 Å². The predicted octanol–water partition coefficient (Wildman–Crippen LogP) is 1.72. The van der Waals surface area contributed by atoms with E-state index >= 15 is 0 Å². The zero-order valence-corrected chi connectivity index (χ0v) is 17.6. The maximum Gasteiger partial charge on any atom is 0.265 e. The molecular weight excluding hydrogens is 416 g/mol. The topological polar surface area (TPSA) is 119 Å². The molecule has 1 saturated heterocycles. The molecule has 0 saturated carbocycles. The molecule has 2 aromatic carbocycles. The third-order valence-electron chi connectivity index (χ3n) is 4.55. The lowest BCUT2D eigenvalue weighted by atomic mass is 10.1. The van der Waals surface area contributed by atoms with Crippen LogP contribution in [-0.2, 0) is 19.9 Å². The number of aryl methyl sites for hydroxylation is 1. The van der Waals surface area contributed by atoms with Gasteiger partial charge in [-0.15, -0.1) is 0 Å². The number of nitrogens with one attached hydrogen (secondary N) is 2. The van der Waals surface area contributed by atoms with Crippen LogP contribution in [0, 0.1) is 6.92 Å². The summed E-state index contributed by atoms with van der Waals surface area (Å²) in [6.45, 7) is 1.77. The average molecular weight is 439 g/mol. The normalized spacial score (nSPS) is 18.2. The van der Waals surface area contributed by atoms with Crippen LogP contribution in [0.3, 0.4) is 0 Å². The molecule has 0 aromatic heterocycles. The molecule has 0 unspecified atom stereocenters. The number of amides is 1. The number of sulfone groups is 1. The molecule has 2 aromatic rings. The second-order valence-electron chi connectivity index (χ2n) is 6.91. The van der Waals surface area contributed by atoms with E-state index < -0.39 is 31.8 Å². The fourth-order valence-electron chi connectivity index (χ4n) is 3.11. The maximum atomic E-state index is 12.8. The van der Waals surface area contributed by atoms with Crippen molar-refractivity contribution in [2.45, 2.75) is 24.3 Å². The van der Waals surface area contributed by atoms with Gasteiger partial charge in [-0.2, -0.15) is 0 Å². The first-order valence-electron chi connectivity index (χ1n) is 8.88. The van der Waals surface area contributed by atoms with Gasteiger partial charge in [0.05, 0.1) is 18.6 Å². The van der Waals surface area contributed by atoms with E-state index in [9.17, 15) is 21.6 Å². The Morgan fingerprint density at radius 2 is 1.93 bits per heavy atom. The molecule has 8 nitrogen and oxygen atoms in total. The Labute approximate surface area is 170 Å². The number of hydrogen-bond acceptors (Lipinski definition) is 6. The summed E-state index contributed by atoms with van der Waals surface area (Å²) < 4.78 is 56.3. The molecule has 0 aliphatic carbocycles. The van der Waals surface area contributed by atoms with Crippen LogP contribution in [0.25, 0.3) is 0 Å². The third-order valence-corrected chi connectivity index (χ3v) is 7.72. The maximum absolute atomic E-state index is 12.8. The molecule has 1 aliphatic rings. The van der Waals surface area contributed by atoms with Crippen molar-refractivity contribution in [3.63, 3.8) is 0 Å². The van der Waals surface area contributed by atoms with Crippen molar-refractivity contribution < 1.29 is 26.4 Å². The van der Waals surface area contributed by atoms with Gasteiger partial charge in [0.2, 0.25) is 0 Å². The van der Waals surface area contributed by atoms with Gasteiger partial charge < -0.3 is 10.1 Å². The fraction of sp³-hybridized carbons (Fsp3) is 0.316. The first-order valence-corrected chi connectivity index (χ1v) is 12.2. The Morgan fingerprint density at radius 3 is 2.59 bits per heavy atom. The Hall–Kier alpha value is -2.59. The zero-order chi connectivity index (χ0) is 21.2. The van der Waals surface area contributed by atoms with E-state index in [1.807, 2.05) is 0 Å². The highest BCUT2D eigenvalue weighted by molar-refractivity contribution is 7.92. The van der Waals surface area contributed by atoms with Gasteiger partial charge in [-0.05, 0) is 49.2 Å². The third kappa shape index (κ3) is 5.07. The number of ether oxygens (including phenoxy) is 1. The molecular formula is C19H22N2O6S2. The van der Waals surface area contributed by atoms with Gasteiger partial charge in [-0.25, -0.2) is 16.8 Å². The van der Waals surface area contributed by atoms with Crippen molar-refractivity contribution in [3.8, 4) is 5.75 Å². The molecule has 1 aliphatic heterocycles. The Morgan fingerprint density at radius 1 is 1.17 bits per heavy atom. The monoisotopic (exact) mass is 438 g/mol. The summed E-state index contributed by atoms with van der Waals surface area (Å²) in [5.41, 5.74) is 1.19. The lowest BCUT2D eigenvalue weighted by Gasteiger charge is -2.14. The van der Waals surface area contributed by atoms with Crippen molar-refractivity contribution >= 4 is 31.5 Å². The molecule has 1 amide bonds. The molecule has 1 fully saturated rings. The van der Waals surface area contributed by atoms with Crippen LogP contribution in [0.4, 0.5) is 5.69 Å². The lowest BCUT2D eigenvalue weighted by molar-refractivity contribution is 0.0941. The van der Waals surface area contributed by atoms with Gasteiger partial charge >= 0.3 is 0 Å². The lowest BCUT2D eigenvalue weighted by Crippen LogP contribution is -2.35. The van der Waals surface area contributed by atoms with E-state index in [-0.39, 0.29) is 33.4 Å². The minimum absolute atomic E-state index is 0.00832. The van der Waals surface area contributed by atoms with Gasteiger partial charge in [0.25, 0.3) is 15.9 Å². The summed E-state index contributed by atoms with van der Waals surface area (Å²) in [7, 11) is -5.67. The molecule has 10 heteroatoms. The van der Waals surface area contributed by atoms with Crippen molar-refractivity contribution in [2.75, 3.05) is 23.3 Å². The van der Waals surface area contributed by atoms with E-state index in [0.717, 1.165) is 5.56 Å². The average Bonchev–Trinajstić information content (AvgIpc) is 3.00. The summed E-state index contributed by atoms with van der Waals surface area (Å²) in [6.07, 6.45) is 0.369. The summed E-state index contributed by atoms with van der Waals surface area (Å²) in [5, 5.41) is 2.68. The van der Waals surface area contributed by atoms with Gasteiger partial charge in [0.15, 0.2) is 9.84 Å². The van der Waals surface area contributed by atoms with E-state index in [2.05, 4.69) is 10.0 Å². The summed E-state index contributed by atoms with van der Waals surface area (Å²) in [5.74, 6) is -0.283. The number of methoxy groups -OCH3 is 1. The number of sulfonamides is 1. The predicted molar refractivity (Wildman–Crippen MR) is 110 cm³/mol. The minimum atomic E-state index is -3.94. The minimum Gasteiger partial charge on any atom is -0.495 e. The molecule has 2 N–H and O–H groups in total. The highest BCUT2D eigenvalue weighted by Crippen LogP contribution is 2.27. The number of rotatable bonds is 6. The molecule has 1 atom stereocenters. The summed E-state index contributed by atoms with van der Waals surface area (Å²) >= 11 is 0. The molecule has 0 radical (unpaired) electrons.